The SMILES string of the molecule is CC1=C(CO)C(=O)O[C@@H]([C@@H](C)[C@@H]2CC[C@H]3[C@H]4CC=C5C[C@@H](O[C@@H]6O[C@H](CO[C@H]7O[C@H](CO)[C@@H](O)[C@H](O)[C@H]7O)[C@@H](O)[C@H](O)[C@H]6O)C[C@H](O)[C@]5(C)[C@H]4CC[C@]23C)C1. The highest BCUT2D eigenvalue weighted by molar-refractivity contribution is 5.90. The first-order valence-electron chi connectivity index (χ1n) is 20.2. The van der Waals surface area contributed by atoms with Crippen molar-refractivity contribution in [2.75, 3.05) is 19.8 Å². The Balaban J connectivity index is 1.00. The number of ether oxygens (including phenoxy) is 5. The van der Waals surface area contributed by atoms with Gasteiger partial charge < -0.3 is 69.6 Å². The summed E-state index contributed by atoms with van der Waals surface area (Å²) in [6.45, 7) is 7.30. The number of fused-ring (bicyclic) bond motifs is 5. The van der Waals surface area contributed by atoms with Gasteiger partial charge in [0, 0.05) is 18.3 Å². The van der Waals surface area contributed by atoms with E-state index in [1.165, 1.54) is 0 Å². The lowest BCUT2D eigenvalue weighted by atomic mass is 9.46. The number of allylic oxidation sites excluding steroid dienone is 1. The molecule has 0 aromatic heterocycles. The monoisotopic (exact) mass is 782 g/mol. The Hall–Kier alpha value is -1.57. The van der Waals surface area contributed by atoms with Crippen molar-refractivity contribution >= 4 is 5.97 Å². The highest BCUT2D eigenvalue weighted by atomic mass is 16.7. The Labute approximate surface area is 321 Å². The van der Waals surface area contributed by atoms with E-state index in [0.29, 0.717) is 36.2 Å². The molecule has 0 spiro atoms. The van der Waals surface area contributed by atoms with Crippen LogP contribution < -0.4 is 0 Å². The van der Waals surface area contributed by atoms with Crippen LogP contribution in [0.5, 0.6) is 0 Å². The van der Waals surface area contributed by atoms with Crippen molar-refractivity contribution in [3.63, 3.8) is 0 Å². The van der Waals surface area contributed by atoms with Crippen LogP contribution in [0.4, 0.5) is 0 Å². The van der Waals surface area contributed by atoms with Crippen molar-refractivity contribution in [2.45, 2.75) is 159 Å². The molecule has 0 bridgehead atoms. The van der Waals surface area contributed by atoms with Crippen molar-refractivity contribution in [1.29, 1.82) is 0 Å². The van der Waals surface area contributed by atoms with E-state index in [-0.39, 0.29) is 36.4 Å². The summed E-state index contributed by atoms with van der Waals surface area (Å²) >= 11 is 0. The van der Waals surface area contributed by atoms with Gasteiger partial charge in [0.05, 0.1) is 37.6 Å². The van der Waals surface area contributed by atoms with E-state index in [2.05, 4.69) is 26.8 Å². The topological polar surface area (TPSA) is 245 Å². The summed E-state index contributed by atoms with van der Waals surface area (Å²) in [6.07, 6.45) is -8.00. The number of aliphatic hydroxyl groups excluding tert-OH is 9. The predicted molar refractivity (Wildman–Crippen MR) is 191 cm³/mol. The van der Waals surface area contributed by atoms with Crippen molar-refractivity contribution in [3.8, 4) is 0 Å². The van der Waals surface area contributed by atoms with Gasteiger partial charge in [-0.15, -0.1) is 0 Å². The minimum atomic E-state index is -1.68. The van der Waals surface area contributed by atoms with Gasteiger partial charge in [0.15, 0.2) is 12.6 Å². The van der Waals surface area contributed by atoms with Crippen molar-refractivity contribution in [2.24, 2.45) is 40.4 Å². The molecule has 7 rings (SSSR count). The molecule has 3 heterocycles. The summed E-state index contributed by atoms with van der Waals surface area (Å²) in [6, 6.07) is 0. The molecule has 7 aliphatic rings. The van der Waals surface area contributed by atoms with Crippen LogP contribution in [-0.4, -0.2) is 151 Å². The predicted octanol–water partition coefficient (Wildman–Crippen LogP) is -0.194. The third kappa shape index (κ3) is 7.06. The van der Waals surface area contributed by atoms with E-state index in [1.807, 2.05) is 6.92 Å². The number of esters is 1. The summed E-state index contributed by atoms with van der Waals surface area (Å²) in [5, 5.41) is 94.0. The molecule has 0 amide bonds. The molecule has 3 saturated carbocycles. The third-order valence-corrected chi connectivity index (χ3v) is 15.4. The van der Waals surface area contributed by atoms with E-state index in [9.17, 15) is 50.8 Å². The van der Waals surface area contributed by atoms with Crippen LogP contribution in [0.3, 0.4) is 0 Å². The van der Waals surface area contributed by atoms with Crippen LogP contribution in [0.25, 0.3) is 0 Å². The fraction of sp³-hybridized carbons (Fsp3) is 0.875. The molecule has 15 heteroatoms. The van der Waals surface area contributed by atoms with Gasteiger partial charge >= 0.3 is 5.97 Å². The maximum atomic E-state index is 12.7. The quantitative estimate of drug-likeness (QED) is 0.109. The van der Waals surface area contributed by atoms with E-state index in [0.717, 1.165) is 43.3 Å². The second kappa shape index (κ2) is 15.9. The van der Waals surface area contributed by atoms with Crippen LogP contribution >= 0.6 is 0 Å². The van der Waals surface area contributed by atoms with Crippen molar-refractivity contribution in [3.05, 3.63) is 22.8 Å². The van der Waals surface area contributed by atoms with Gasteiger partial charge in [-0.1, -0.05) is 38.0 Å². The first-order chi connectivity index (χ1) is 26.0. The highest BCUT2D eigenvalue weighted by Gasteiger charge is 2.62. The molecule has 0 aromatic rings. The minimum absolute atomic E-state index is 0.0672. The Bertz CT molecular complexity index is 1470. The van der Waals surface area contributed by atoms with Gasteiger partial charge in [0.1, 0.15) is 54.9 Å². The Morgan fingerprint density at radius 3 is 2.20 bits per heavy atom. The Kier molecular flexibility index (Phi) is 12.0. The fourth-order valence-corrected chi connectivity index (χ4v) is 12.0. The summed E-state index contributed by atoms with van der Waals surface area (Å²) in [7, 11) is 0. The largest absolute Gasteiger partial charge is 0.458 e. The van der Waals surface area contributed by atoms with Crippen molar-refractivity contribution in [1.82, 2.24) is 0 Å². The second-order valence-corrected chi connectivity index (χ2v) is 18.0. The number of carbonyl (C=O) groups excluding carboxylic acids is 1. The number of carbonyl (C=O) groups is 1. The molecule has 3 aliphatic heterocycles. The summed E-state index contributed by atoms with van der Waals surface area (Å²) in [5.74, 6) is 1.26. The minimum Gasteiger partial charge on any atom is -0.458 e. The second-order valence-electron chi connectivity index (χ2n) is 18.0. The maximum Gasteiger partial charge on any atom is 0.336 e. The number of hydrogen-bond donors (Lipinski definition) is 9. The van der Waals surface area contributed by atoms with Gasteiger partial charge in [-0.2, -0.15) is 0 Å². The van der Waals surface area contributed by atoms with E-state index in [4.69, 9.17) is 23.7 Å². The molecule has 15 nitrogen and oxygen atoms in total. The van der Waals surface area contributed by atoms with E-state index in [1.54, 1.807) is 0 Å². The Morgan fingerprint density at radius 1 is 0.855 bits per heavy atom. The van der Waals surface area contributed by atoms with Gasteiger partial charge in [-0.25, -0.2) is 4.79 Å². The van der Waals surface area contributed by atoms with E-state index < -0.39 is 98.2 Å². The molecule has 5 fully saturated rings. The maximum absolute atomic E-state index is 12.7. The van der Waals surface area contributed by atoms with Crippen molar-refractivity contribution < 1.29 is 74.4 Å². The lowest BCUT2D eigenvalue weighted by molar-refractivity contribution is -0.337. The molecular weight excluding hydrogens is 720 g/mol. The lowest BCUT2D eigenvalue weighted by Gasteiger charge is -2.60. The average Bonchev–Trinajstić information content (AvgIpc) is 3.51. The van der Waals surface area contributed by atoms with Gasteiger partial charge in [0.2, 0.25) is 0 Å². The summed E-state index contributed by atoms with van der Waals surface area (Å²) in [4.78, 5) is 12.7. The summed E-state index contributed by atoms with van der Waals surface area (Å²) < 4.78 is 29.0. The number of aliphatic hydroxyl groups is 9. The molecule has 0 radical (unpaired) electrons. The molecule has 0 unspecified atom stereocenters. The fourth-order valence-electron chi connectivity index (χ4n) is 12.0. The van der Waals surface area contributed by atoms with Gasteiger partial charge in [-0.3, -0.25) is 0 Å². The normalized spacial score (nSPS) is 50.7. The lowest BCUT2D eigenvalue weighted by Crippen LogP contribution is -2.62. The van der Waals surface area contributed by atoms with Crippen LogP contribution in [-0.2, 0) is 28.5 Å². The zero-order valence-corrected chi connectivity index (χ0v) is 32.2. The number of rotatable bonds is 9. The molecule has 55 heavy (non-hydrogen) atoms. The molecular formula is C40H62O15. The number of hydrogen-bond acceptors (Lipinski definition) is 15. The van der Waals surface area contributed by atoms with Crippen LogP contribution in [0.1, 0.15) is 79.1 Å². The smallest absolute Gasteiger partial charge is 0.336 e. The Morgan fingerprint density at radius 2 is 1.53 bits per heavy atom. The molecule has 2 saturated heterocycles. The first kappa shape index (κ1) is 41.6. The molecule has 20 atom stereocenters. The van der Waals surface area contributed by atoms with Crippen LogP contribution in [0.2, 0.25) is 0 Å². The third-order valence-electron chi connectivity index (χ3n) is 15.4. The highest BCUT2D eigenvalue weighted by Crippen LogP contribution is 2.67. The standard InChI is InChI=1S/C40H62O15/c1-17-11-26(53-36(50)22(17)14-41)18(2)23-7-8-24-21-6-5-19-12-20(13-29(43)40(19,4)25(21)9-10-39(23,24)3)52-38-35(49)33(47)31(45)28(55-38)16-51-37-34(48)32(46)30(44)27(15-42)54-37/h5,18,20-21,23-35,37-38,41-49H,6-16H2,1-4H3/t18-,20+,21+,23-,24-,25-,26+,27+,28+,29-,30+,31+,32-,33-,34+,35+,37-,38+,39+,40-/m0/s1. The first-order valence-corrected chi connectivity index (χ1v) is 20.2. The summed E-state index contributed by atoms with van der Waals surface area (Å²) in [5.41, 5.74) is 1.98. The zero-order valence-electron chi connectivity index (χ0n) is 32.2. The average molecular weight is 783 g/mol. The zero-order chi connectivity index (χ0) is 39.7. The van der Waals surface area contributed by atoms with E-state index >= 15 is 0 Å². The number of cyclic esters (lactones) is 1. The molecule has 4 aliphatic carbocycles. The molecule has 312 valence electrons. The van der Waals surface area contributed by atoms with Crippen LogP contribution in [0, 0.1) is 40.4 Å². The van der Waals surface area contributed by atoms with Gasteiger partial charge in [0.25, 0.3) is 0 Å². The molecule has 0 aromatic carbocycles. The van der Waals surface area contributed by atoms with Crippen LogP contribution in [0.15, 0.2) is 22.8 Å². The molecule has 9 N–H and O–H groups in total. The van der Waals surface area contributed by atoms with Gasteiger partial charge in [-0.05, 0) is 80.5 Å².